The van der Waals surface area contributed by atoms with Crippen LogP contribution in [-0.4, -0.2) is 38.3 Å². The molecule has 10 heteroatoms. The fourth-order valence-electron chi connectivity index (χ4n) is 3.64. The van der Waals surface area contributed by atoms with Gasteiger partial charge in [0.2, 0.25) is 0 Å². The van der Waals surface area contributed by atoms with Crippen LogP contribution >= 0.6 is 61.3 Å². The maximum Gasteiger partial charge on any atom is 0.134 e. The number of hydrogen-bond acceptors (Lipinski definition) is 8. The number of aromatic nitrogens is 4. The van der Waals surface area contributed by atoms with E-state index in [2.05, 4.69) is 68.3 Å². The zero-order valence-electron chi connectivity index (χ0n) is 20.3. The molecule has 4 rings (SSSR count). The number of hydrogen-bond donors (Lipinski definition) is 0. The Hall–Kier alpha value is -0.201. The van der Waals surface area contributed by atoms with Crippen molar-refractivity contribution < 1.29 is 0 Å². The molecule has 4 heterocycles. The zero-order valence-corrected chi connectivity index (χ0v) is 28.0. The molecular formula is C24H35BrN4S4Sn. The monoisotopic (exact) mass is 706 g/mol. The first kappa shape index (κ1) is 30.0. The summed E-state index contributed by atoms with van der Waals surface area (Å²) >= 11 is 7.92. The van der Waals surface area contributed by atoms with Crippen LogP contribution in [0, 0.1) is 0 Å². The molecule has 0 fully saturated rings. The normalized spacial score (nSPS) is 10.8. The number of halogens is 1. The third-order valence-corrected chi connectivity index (χ3v) is 27.6. The Morgan fingerprint density at radius 2 is 1.32 bits per heavy atom. The van der Waals surface area contributed by atoms with E-state index in [1.807, 2.05) is 33.8 Å². The first-order chi connectivity index (χ1) is 16.6. The van der Waals surface area contributed by atoms with E-state index in [1.54, 1.807) is 62.6 Å². The van der Waals surface area contributed by atoms with Gasteiger partial charge in [-0.15, -0.1) is 34.0 Å². The van der Waals surface area contributed by atoms with Gasteiger partial charge in [0.1, 0.15) is 5.01 Å². The van der Waals surface area contributed by atoms with E-state index in [-0.39, 0.29) is 0 Å². The minimum Gasteiger partial charge on any atom is -0.252 e. The second-order valence-corrected chi connectivity index (χ2v) is 26.9. The van der Waals surface area contributed by atoms with Crippen LogP contribution < -0.4 is 2.89 Å². The zero-order chi connectivity index (χ0) is 24.5. The number of unbranched alkanes of at least 4 members (excludes halogenated alkanes) is 3. The number of thiazole rings is 4. The van der Waals surface area contributed by atoms with Gasteiger partial charge < -0.3 is 0 Å². The maximum absolute atomic E-state index is 4.38. The van der Waals surface area contributed by atoms with Gasteiger partial charge in [-0.25, -0.2) is 9.97 Å². The Labute approximate surface area is 233 Å². The van der Waals surface area contributed by atoms with Crippen molar-refractivity contribution in [3.8, 4) is 9.88 Å². The molecule has 0 bridgehead atoms. The van der Waals surface area contributed by atoms with Gasteiger partial charge in [-0.05, 0) is 15.9 Å². The average Bonchev–Trinajstić information content (AvgIpc) is 3.67. The van der Waals surface area contributed by atoms with Crippen molar-refractivity contribution in [2.75, 3.05) is 0 Å². The predicted octanol–water partition coefficient (Wildman–Crippen LogP) is 9.37. The van der Waals surface area contributed by atoms with Crippen molar-refractivity contribution in [1.29, 1.82) is 0 Å². The molecule has 0 N–H and O–H groups in total. The van der Waals surface area contributed by atoms with Crippen molar-refractivity contribution in [3.63, 3.8) is 0 Å². The summed E-state index contributed by atoms with van der Waals surface area (Å²) in [6.07, 6.45) is 16.0. The van der Waals surface area contributed by atoms with Crippen LogP contribution in [0.2, 0.25) is 13.3 Å². The van der Waals surface area contributed by atoms with Gasteiger partial charge in [0, 0.05) is 29.4 Å². The summed E-state index contributed by atoms with van der Waals surface area (Å²) in [5.41, 5.74) is 3.88. The minimum atomic E-state index is -2.08. The van der Waals surface area contributed by atoms with E-state index in [4.69, 9.17) is 0 Å². The van der Waals surface area contributed by atoms with Crippen LogP contribution in [0.25, 0.3) is 9.88 Å². The van der Waals surface area contributed by atoms with E-state index in [9.17, 15) is 0 Å². The van der Waals surface area contributed by atoms with E-state index in [0.717, 1.165) is 13.8 Å². The molecule has 4 aromatic rings. The molecule has 0 atom stereocenters. The standard InChI is InChI=1S/C6H4N2S2.3C4H9.C3H2BrNS.C3H2NS.Sn/c1-2-9-6(8-1)5-3-7-4-10-5;3*1-3-4-2;4-3-5-1-2-6-3;1-2-5-3-4-1;/h1-4H;3*1,3-4H2,2H3;1-2H;1,3H;. The van der Waals surface area contributed by atoms with Gasteiger partial charge >= 0.3 is 122 Å². The van der Waals surface area contributed by atoms with Gasteiger partial charge in [-0.1, -0.05) is 0 Å². The fourth-order valence-corrected chi connectivity index (χ4v) is 25.1. The maximum atomic E-state index is 4.38. The molecule has 0 amide bonds. The molecule has 4 aromatic heterocycles. The number of nitrogens with zero attached hydrogens (tertiary/aromatic N) is 4. The molecule has 4 nitrogen and oxygen atoms in total. The third kappa shape index (κ3) is 10.8. The van der Waals surface area contributed by atoms with E-state index >= 15 is 0 Å². The van der Waals surface area contributed by atoms with Crippen molar-refractivity contribution in [2.45, 2.75) is 72.6 Å². The second-order valence-electron chi connectivity index (χ2n) is 7.94. The molecule has 34 heavy (non-hydrogen) atoms. The molecule has 0 aliphatic carbocycles. The third-order valence-electron chi connectivity index (χ3n) is 5.46. The van der Waals surface area contributed by atoms with E-state index in [0.29, 0.717) is 0 Å². The molecule has 0 unspecified atom stereocenters. The number of rotatable bonds is 11. The van der Waals surface area contributed by atoms with Gasteiger partial charge in [-0.3, -0.25) is 4.98 Å². The Morgan fingerprint density at radius 3 is 1.71 bits per heavy atom. The fraction of sp³-hybridized carbons (Fsp3) is 0.500. The predicted molar refractivity (Wildman–Crippen MR) is 160 cm³/mol. The van der Waals surface area contributed by atoms with Crippen LogP contribution in [0.1, 0.15) is 59.3 Å². The van der Waals surface area contributed by atoms with Crippen molar-refractivity contribution in [2.24, 2.45) is 0 Å². The summed E-state index contributed by atoms with van der Waals surface area (Å²) in [6.45, 7) is 7.01. The molecule has 0 spiro atoms. The topological polar surface area (TPSA) is 51.6 Å². The summed E-state index contributed by atoms with van der Waals surface area (Å²) in [4.78, 5) is 17.5. The SMILES string of the molecule is Brc1nccs1.CCC[CH2][Sn]([CH2]CCC)([CH2]CCC)[c]1cncs1.c1csc(-c2cncs2)n1. The molecule has 0 aromatic carbocycles. The van der Waals surface area contributed by atoms with Crippen molar-refractivity contribution >= 4 is 82.5 Å². The molecule has 0 aliphatic rings. The van der Waals surface area contributed by atoms with Gasteiger partial charge in [0.25, 0.3) is 0 Å². The first-order valence-corrected chi connectivity index (χ1v) is 23.7. The van der Waals surface area contributed by atoms with Crippen molar-refractivity contribution in [1.82, 2.24) is 19.9 Å². The Balaban J connectivity index is 0.000000210. The Morgan fingerprint density at radius 1 is 0.735 bits per heavy atom. The quantitative estimate of drug-likeness (QED) is 0.146. The van der Waals surface area contributed by atoms with Gasteiger partial charge in [0.05, 0.1) is 10.4 Å². The summed E-state index contributed by atoms with van der Waals surface area (Å²) in [7, 11) is 0. The van der Waals surface area contributed by atoms with Crippen LogP contribution in [0.15, 0.2) is 50.5 Å². The van der Waals surface area contributed by atoms with Crippen LogP contribution in [-0.2, 0) is 0 Å². The van der Waals surface area contributed by atoms with Crippen molar-refractivity contribution in [3.05, 3.63) is 50.5 Å². The minimum absolute atomic E-state index is 0.947. The largest absolute Gasteiger partial charge is 0.252 e. The molecule has 0 aliphatic heterocycles. The molecule has 0 saturated heterocycles. The molecule has 0 saturated carbocycles. The summed E-state index contributed by atoms with van der Waals surface area (Å²) < 4.78 is 7.39. The summed E-state index contributed by atoms with van der Waals surface area (Å²) in [6, 6.07) is 0. The first-order valence-electron chi connectivity index (χ1n) is 11.9. The van der Waals surface area contributed by atoms with Crippen LogP contribution in [0.3, 0.4) is 0 Å². The van der Waals surface area contributed by atoms with E-state index < -0.39 is 18.4 Å². The average molecular weight is 706 g/mol. The summed E-state index contributed by atoms with van der Waals surface area (Å²) in [5, 5.41) is 4.95. The van der Waals surface area contributed by atoms with Gasteiger partial charge in [-0.2, -0.15) is 0 Å². The van der Waals surface area contributed by atoms with Crippen LogP contribution in [0.5, 0.6) is 0 Å². The smallest absolute Gasteiger partial charge is 0.134 e. The molecule has 0 radical (unpaired) electrons. The molecule has 186 valence electrons. The van der Waals surface area contributed by atoms with Crippen LogP contribution in [0.4, 0.5) is 0 Å². The molecular weight excluding hydrogens is 671 g/mol. The Bertz CT molecular complexity index is 892. The van der Waals surface area contributed by atoms with Gasteiger partial charge in [0.15, 0.2) is 3.92 Å². The summed E-state index contributed by atoms with van der Waals surface area (Å²) in [5.74, 6) is 0. The Kier molecular flexibility index (Phi) is 16.0. The second kappa shape index (κ2) is 18.1. The van der Waals surface area contributed by atoms with E-state index in [1.165, 1.54) is 38.5 Å².